The summed E-state index contributed by atoms with van der Waals surface area (Å²) in [5, 5.41) is 13.6. The number of hydrogen-bond donors (Lipinski definition) is 3. The Balaban J connectivity index is 2.06. The third-order valence-electron chi connectivity index (χ3n) is 4.60. The van der Waals surface area contributed by atoms with E-state index >= 15 is 0 Å². The summed E-state index contributed by atoms with van der Waals surface area (Å²) < 4.78 is 36.7. The highest BCUT2D eigenvalue weighted by Gasteiger charge is 2.31. The molecule has 3 N–H and O–H groups in total. The molecule has 6 nitrogen and oxygen atoms in total. The topological polar surface area (TPSA) is 95.5 Å². The first kappa shape index (κ1) is 20.7. The number of carboxylic acid groups (broad SMARTS) is 1. The van der Waals surface area contributed by atoms with E-state index in [0.29, 0.717) is 30.5 Å². The molecule has 0 bridgehead atoms. The molecule has 0 heterocycles. The molecule has 9 heteroatoms. The van der Waals surface area contributed by atoms with E-state index in [4.69, 9.17) is 5.11 Å². The highest BCUT2D eigenvalue weighted by Crippen LogP contribution is 2.30. The van der Waals surface area contributed by atoms with Gasteiger partial charge >= 0.3 is 12.1 Å². The summed E-state index contributed by atoms with van der Waals surface area (Å²) in [7, 11) is 0. The zero-order valence-electron chi connectivity index (χ0n) is 14.7. The van der Waals surface area contributed by atoms with Gasteiger partial charge in [-0.25, -0.2) is 0 Å². The molecule has 0 saturated heterocycles. The lowest BCUT2D eigenvalue weighted by molar-refractivity contribution is -0.143. The molecular weight excluding hydrogens is 365 g/mol. The summed E-state index contributed by atoms with van der Waals surface area (Å²) in [6.07, 6.45) is -2.54. The minimum atomic E-state index is -4.51. The minimum Gasteiger partial charge on any atom is -0.481 e. The van der Waals surface area contributed by atoms with E-state index in [0.717, 1.165) is 0 Å². The van der Waals surface area contributed by atoms with Crippen LogP contribution in [-0.4, -0.2) is 35.6 Å². The second kappa shape index (κ2) is 8.41. The Bertz CT molecular complexity index is 734. The van der Waals surface area contributed by atoms with Crippen LogP contribution in [0.4, 0.5) is 18.9 Å². The number of carboxylic acids is 1. The van der Waals surface area contributed by atoms with Crippen molar-refractivity contribution in [2.45, 2.75) is 38.8 Å². The molecular formula is C18H21F3N2O4. The summed E-state index contributed by atoms with van der Waals surface area (Å²) in [5.41, 5.74) is 0.950. The number of aryl methyl sites for hydroxylation is 1. The predicted octanol–water partition coefficient (Wildman–Crippen LogP) is 3.12. The van der Waals surface area contributed by atoms with Crippen LogP contribution in [-0.2, 0) is 9.59 Å². The van der Waals surface area contributed by atoms with E-state index in [9.17, 15) is 27.6 Å². The monoisotopic (exact) mass is 386 g/mol. The molecule has 2 unspecified atom stereocenters. The molecule has 2 rings (SSSR count). The molecule has 1 fully saturated rings. The summed E-state index contributed by atoms with van der Waals surface area (Å²) in [4.78, 5) is 35.5. The lowest BCUT2D eigenvalue weighted by Crippen LogP contribution is -2.34. The number of halogens is 3. The maximum atomic E-state index is 12.5. The maximum Gasteiger partial charge on any atom is 0.405 e. The molecule has 1 aliphatic rings. The van der Waals surface area contributed by atoms with Crippen LogP contribution in [0.3, 0.4) is 0 Å². The number of benzene rings is 1. The highest BCUT2D eigenvalue weighted by atomic mass is 19.4. The van der Waals surface area contributed by atoms with Crippen molar-refractivity contribution in [3.8, 4) is 0 Å². The Morgan fingerprint density at radius 1 is 1.19 bits per heavy atom. The number of carbonyl (C=O) groups is 3. The second-order valence-electron chi connectivity index (χ2n) is 6.72. The van der Waals surface area contributed by atoms with Crippen molar-refractivity contribution in [3.05, 3.63) is 29.3 Å². The zero-order chi connectivity index (χ0) is 20.2. The Morgan fingerprint density at radius 2 is 1.85 bits per heavy atom. The summed E-state index contributed by atoms with van der Waals surface area (Å²) in [6.45, 7) is 0.244. The fraction of sp³-hybridized carbons (Fsp3) is 0.500. The Labute approximate surface area is 154 Å². The van der Waals surface area contributed by atoms with Crippen LogP contribution >= 0.6 is 0 Å². The van der Waals surface area contributed by atoms with Crippen molar-refractivity contribution in [2.75, 3.05) is 11.9 Å². The fourth-order valence-electron chi connectivity index (χ4n) is 3.07. The number of amides is 2. The molecule has 1 aliphatic carbocycles. The number of aliphatic carboxylic acids is 1. The minimum absolute atomic E-state index is 0.00722. The number of alkyl halides is 3. The van der Waals surface area contributed by atoms with Crippen LogP contribution in [0.5, 0.6) is 0 Å². The van der Waals surface area contributed by atoms with E-state index in [1.807, 2.05) is 0 Å². The lowest BCUT2D eigenvalue weighted by atomic mass is 9.81. The molecule has 0 aromatic heterocycles. The first-order chi connectivity index (χ1) is 12.6. The normalized spacial score (nSPS) is 20.0. The fourth-order valence-corrected chi connectivity index (χ4v) is 3.07. The van der Waals surface area contributed by atoms with Gasteiger partial charge in [0.25, 0.3) is 5.91 Å². The van der Waals surface area contributed by atoms with Gasteiger partial charge in [0.2, 0.25) is 5.91 Å². The first-order valence-electron chi connectivity index (χ1n) is 8.56. The van der Waals surface area contributed by atoms with Crippen molar-refractivity contribution >= 4 is 23.5 Å². The van der Waals surface area contributed by atoms with Gasteiger partial charge in [0.05, 0.1) is 5.92 Å². The third kappa shape index (κ3) is 5.97. The van der Waals surface area contributed by atoms with Crippen molar-refractivity contribution in [2.24, 2.45) is 11.8 Å². The van der Waals surface area contributed by atoms with Crippen LogP contribution in [0, 0.1) is 18.8 Å². The van der Waals surface area contributed by atoms with Crippen LogP contribution in [0.15, 0.2) is 18.2 Å². The predicted molar refractivity (Wildman–Crippen MR) is 91.3 cm³/mol. The zero-order valence-corrected chi connectivity index (χ0v) is 14.7. The van der Waals surface area contributed by atoms with Gasteiger partial charge in [-0.2, -0.15) is 13.2 Å². The number of rotatable bonds is 5. The molecule has 27 heavy (non-hydrogen) atoms. The van der Waals surface area contributed by atoms with E-state index in [2.05, 4.69) is 5.32 Å². The Morgan fingerprint density at radius 3 is 2.48 bits per heavy atom. The van der Waals surface area contributed by atoms with Crippen molar-refractivity contribution < 1.29 is 32.7 Å². The van der Waals surface area contributed by atoms with Gasteiger partial charge in [-0.05, 0) is 43.9 Å². The molecule has 0 aliphatic heterocycles. The van der Waals surface area contributed by atoms with Crippen molar-refractivity contribution in [3.63, 3.8) is 0 Å². The average molecular weight is 386 g/mol. The Kier molecular flexibility index (Phi) is 6.45. The van der Waals surface area contributed by atoms with Crippen LogP contribution in [0.25, 0.3) is 0 Å². The molecule has 2 amide bonds. The molecule has 2 atom stereocenters. The molecule has 0 spiro atoms. The van der Waals surface area contributed by atoms with Gasteiger partial charge in [-0.3, -0.25) is 14.4 Å². The van der Waals surface area contributed by atoms with Gasteiger partial charge in [-0.15, -0.1) is 0 Å². The Hall–Kier alpha value is -2.58. The van der Waals surface area contributed by atoms with Crippen molar-refractivity contribution in [1.29, 1.82) is 0 Å². The van der Waals surface area contributed by atoms with Gasteiger partial charge in [-0.1, -0.05) is 12.5 Å². The lowest BCUT2D eigenvalue weighted by Gasteiger charge is -2.26. The highest BCUT2D eigenvalue weighted by molar-refractivity contribution is 5.98. The largest absolute Gasteiger partial charge is 0.481 e. The van der Waals surface area contributed by atoms with E-state index in [1.54, 1.807) is 12.2 Å². The second-order valence-corrected chi connectivity index (χ2v) is 6.72. The van der Waals surface area contributed by atoms with Gasteiger partial charge in [0.15, 0.2) is 0 Å². The SMILES string of the molecule is Cc1ccc(C(=O)NCC(F)(F)F)cc1NC(=O)C1CCCC(C(=O)O)C1. The summed E-state index contributed by atoms with van der Waals surface area (Å²) >= 11 is 0. The molecule has 1 aromatic rings. The standard InChI is InChI=1S/C18H21F3N2O4/c1-10-5-6-12(15(24)22-9-18(19,20)21)8-14(10)23-16(25)11-3-2-4-13(7-11)17(26)27/h5-6,8,11,13H,2-4,7,9H2,1H3,(H,22,24)(H,23,25)(H,26,27). The molecule has 1 saturated carbocycles. The van der Waals surface area contributed by atoms with Gasteiger partial charge in [0, 0.05) is 17.2 Å². The maximum absolute atomic E-state index is 12.5. The third-order valence-corrected chi connectivity index (χ3v) is 4.60. The average Bonchev–Trinajstić information content (AvgIpc) is 2.61. The quantitative estimate of drug-likeness (QED) is 0.725. The number of carbonyl (C=O) groups excluding carboxylic acids is 2. The van der Waals surface area contributed by atoms with E-state index in [1.165, 1.54) is 18.2 Å². The van der Waals surface area contributed by atoms with E-state index < -0.39 is 36.4 Å². The smallest absolute Gasteiger partial charge is 0.405 e. The van der Waals surface area contributed by atoms with E-state index in [-0.39, 0.29) is 17.9 Å². The summed E-state index contributed by atoms with van der Waals surface area (Å²) in [6, 6.07) is 4.22. The van der Waals surface area contributed by atoms with Crippen molar-refractivity contribution in [1.82, 2.24) is 5.32 Å². The number of nitrogens with one attached hydrogen (secondary N) is 2. The van der Waals surface area contributed by atoms with Crippen LogP contribution < -0.4 is 10.6 Å². The molecule has 148 valence electrons. The molecule has 1 aromatic carbocycles. The summed E-state index contributed by atoms with van der Waals surface area (Å²) in [5.74, 6) is -3.19. The molecule has 0 radical (unpaired) electrons. The number of anilines is 1. The first-order valence-corrected chi connectivity index (χ1v) is 8.56. The van der Waals surface area contributed by atoms with Gasteiger partial charge in [0.1, 0.15) is 6.54 Å². The van der Waals surface area contributed by atoms with Crippen LogP contribution in [0.1, 0.15) is 41.6 Å². The van der Waals surface area contributed by atoms with Crippen LogP contribution in [0.2, 0.25) is 0 Å². The number of hydrogen-bond acceptors (Lipinski definition) is 3. The van der Waals surface area contributed by atoms with Gasteiger partial charge < -0.3 is 15.7 Å².